The summed E-state index contributed by atoms with van der Waals surface area (Å²) >= 11 is 0. The van der Waals surface area contributed by atoms with Crippen LogP contribution in [0.4, 0.5) is 0 Å². The summed E-state index contributed by atoms with van der Waals surface area (Å²) in [5, 5.41) is 3.60. The highest BCUT2D eigenvalue weighted by atomic mass is 16.5. The standard InChI is InChI=1S/C17H29NO/c1-7-18-16(11-8-12(2)3)15-10-9-13(4)14(5)17(15)19-6/h9-10,12,16,18H,7-8,11H2,1-6H3. The third-order valence-electron chi connectivity index (χ3n) is 3.77. The molecule has 0 aliphatic carbocycles. The van der Waals surface area contributed by atoms with Gasteiger partial charge in [0.25, 0.3) is 0 Å². The molecular weight excluding hydrogens is 234 g/mol. The molecule has 1 N–H and O–H groups in total. The van der Waals surface area contributed by atoms with E-state index in [0.29, 0.717) is 6.04 Å². The van der Waals surface area contributed by atoms with Crippen LogP contribution in [0.5, 0.6) is 5.75 Å². The monoisotopic (exact) mass is 263 g/mol. The first-order chi connectivity index (χ1) is 9.01. The average molecular weight is 263 g/mol. The van der Waals surface area contributed by atoms with Gasteiger partial charge in [-0.15, -0.1) is 0 Å². The summed E-state index contributed by atoms with van der Waals surface area (Å²) in [5.41, 5.74) is 3.85. The first-order valence-electron chi connectivity index (χ1n) is 7.38. The van der Waals surface area contributed by atoms with Gasteiger partial charge >= 0.3 is 0 Å². The molecule has 1 atom stereocenters. The van der Waals surface area contributed by atoms with Crippen LogP contribution in [0.25, 0.3) is 0 Å². The van der Waals surface area contributed by atoms with Crippen molar-refractivity contribution in [1.82, 2.24) is 5.32 Å². The van der Waals surface area contributed by atoms with Gasteiger partial charge in [0.1, 0.15) is 5.75 Å². The Bertz CT molecular complexity index is 398. The lowest BCUT2D eigenvalue weighted by atomic mass is 9.94. The minimum absolute atomic E-state index is 0.390. The van der Waals surface area contributed by atoms with Gasteiger partial charge in [0.2, 0.25) is 0 Å². The Hall–Kier alpha value is -1.02. The molecule has 0 saturated carbocycles. The highest BCUT2D eigenvalue weighted by Gasteiger charge is 2.17. The molecule has 0 heterocycles. The third-order valence-corrected chi connectivity index (χ3v) is 3.77. The first kappa shape index (κ1) is 16.0. The van der Waals surface area contributed by atoms with Crippen molar-refractivity contribution in [2.24, 2.45) is 5.92 Å². The van der Waals surface area contributed by atoms with E-state index in [1.807, 2.05) is 0 Å². The van der Waals surface area contributed by atoms with Crippen LogP contribution in [-0.2, 0) is 0 Å². The molecule has 0 aromatic heterocycles. The van der Waals surface area contributed by atoms with Crippen molar-refractivity contribution in [1.29, 1.82) is 0 Å². The predicted octanol–water partition coefficient (Wildman–Crippen LogP) is 4.40. The van der Waals surface area contributed by atoms with Crippen molar-refractivity contribution in [3.63, 3.8) is 0 Å². The van der Waals surface area contributed by atoms with Crippen molar-refractivity contribution in [3.05, 3.63) is 28.8 Å². The van der Waals surface area contributed by atoms with Crippen LogP contribution in [0.1, 0.15) is 56.3 Å². The fourth-order valence-corrected chi connectivity index (χ4v) is 2.47. The van der Waals surface area contributed by atoms with Crippen molar-refractivity contribution in [2.45, 2.75) is 53.5 Å². The second kappa shape index (κ2) is 7.54. The van der Waals surface area contributed by atoms with Gasteiger partial charge in [0.05, 0.1) is 7.11 Å². The number of hydrogen-bond acceptors (Lipinski definition) is 2. The molecule has 1 rings (SSSR count). The number of benzene rings is 1. The van der Waals surface area contributed by atoms with Gasteiger partial charge in [-0.1, -0.05) is 32.9 Å². The summed E-state index contributed by atoms with van der Waals surface area (Å²) in [6.07, 6.45) is 2.39. The molecule has 2 nitrogen and oxygen atoms in total. The number of nitrogens with one attached hydrogen (secondary N) is 1. The maximum atomic E-state index is 5.65. The van der Waals surface area contributed by atoms with Gasteiger partial charge < -0.3 is 10.1 Å². The predicted molar refractivity (Wildman–Crippen MR) is 83.0 cm³/mol. The molecule has 19 heavy (non-hydrogen) atoms. The van der Waals surface area contributed by atoms with Crippen molar-refractivity contribution >= 4 is 0 Å². The van der Waals surface area contributed by atoms with Crippen molar-refractivity contribution in [2.75, 3.05) is 13.7 Å². The Morgan fingerprint density at radius 1 is 1.16 bits per heavy atom. The quantitative estimate of drug-likeness (QED) is 0.787. The maximum Gasteiger partial charge on any atom is 0.126 e. The number of rotatable bonds is 7. The highest BCUT2D eigenvalue weighted by Crippen LogP contribution is 2.33. The minimum Gasteiger partial charge on any atom is -0.496 e. The molecule has 0 saturated heterocycles. The van der Waals surface area contributed by atoms with Gasteiger partial charge in [0, 0.05) is 11.6 Å². The molecule has 0 aliphatic rings. The van der Waals surface area contributed by atoms with E-state index in [0.717, 1.165) is 24.6 Å². The fraction of sp³-hybridized carbons (Fsp3) is 0.647. The lowest BCUT2D eigenvalue weighted by Gasteiger charge is -2.23. The van der Waals surface area contributed by atoms with Crippen LogP contribution >= 0.6 is 0 Å². The summed E-state index contributed by atoms with van der Waals surface area (Å²) in [5.74, 6) is 1.79. The van der Waals surface area contributed by atoms with Crippen LogP contribution in [0.2, 0.25) is 0 Å². The van der Waals surface area contributed by atoms with E-state index in [9.17, 15) is 0 Å². The maximum absolute atomic E-state index is 5.65. The SMILES string of the molecule is CCNC(CCC(C)C)c1ccc(C)c(C)c1OC. The Kier molecular flexibility index (Phi) is 6.36. The van der Waals surface area contributed by atoms with E-state index in [1.165, 1.54) is 23.1 Å². The summed E-state index contributed by atoms with van der Waals surface area (Å²) in [6, 6.07) is 4.81. The molecule has 0 fully saturated rings. The van der Waals surface area contributed by atoms with Crippen LogP contribution in [-0.4, -0.2) is 13.7 Å². The van der Waals surface area contributed by atoms with E-state index < -0.39 is 0 Å². The van der Waals surface area contributed by atoms with Gasteiger partial charge in [-0.2, -0.15) is 0 Å². The van der Waals surface area contributed by atoms with Gasteiger partial charge in [-0.05, 0) is 50.3 Å². The number of hydrogen-bond donors (Lipinski definition) is 1. The zero-order chi connectivity index (χ0) is 14.4. The van der Waals surface area contributed by atoms with E-state index >= 15 is 0 Å². The Labute approximate surface area is 118 Å². The largest absolute Gasteiger partial charge is 0.496 e. The van der Waals surface area contributed by atoms with Crippen LogP contribution < -0.4 is 10.1 Å². The van der Waals surface area contributed by atoms with Gasteiger partial charge in [-0.3, -0.25) is 0 Å². The molecule has 108 valence electrons. The zero-order valence-electron chi connectivity index (χ0n) is 13.3. The number of aryl methyl sites for hydroxylation is 1. The topological polar surface area (TPSA) is 21.3 Å². The molecule has 0 spiro atoms. The molecule has 0 aliphatic heterocycles. The lowest BCUT2D eigenvalue weighted by molar-refractivity contribution is 0.385. The summed E-state index contributed by atoms with van der Waals surface area (Å²) in [6.45, 7) is 12.0. The molecule has 1 aromatic carbocycles. The molecule has 1 unspecified atom stereocenters. The van der Waals surface area contributed by atoms with E-state index in [4.69, 9.17) is 4.74 Å². The number of methoxy groups -OCH3 is 1. The molecule has 2 heteroatoms. The summed E-state index contributed by atoms with van der Waals surface area (Å²) in [4.78, 5) is 0. The average Bonchev–Trinajstić information content (AvgIpc) is 2.37. The molecule has 0 amide bonds. The summed E-state index contributed by atoms with van der Waals surface area (Å²) in [7, 11) is 1.77. The first-order valence-corrected chi connectivity index (χ1v) is 7.38. The smallest absolute Gasteiger partial charge is 0.126 e. The van der Waals surface area contributed by atoms with E-state index in [-0.39, 0.29) is 0 Å². The second-order valence-electron chi connectivity index (χ2n) is 5.71. The van der Waals surface area contributed by atoms with E-state index in [2.05, 4.69) is 52.1 Å². The van der Waals surface area contributed by atoms with E-state index in [1.54, 1.807) is 7.11 Å². The molecule has 0 radical (unpaired) electrons. The van der Waals surface area contributed by atoms with Crippen LogP contribution in [0.15, 0.2) is 12.1 Å². The van der Waals surface area contributed by atoms with Gasteiger partial charge in [-0.25, -0.2) is 0 Å². The van der Waals surface area contributed by atoms with Crippen LogP contribution in [0, 0.1) is 19.8 Å². The van der Waals surface area contributed by atoms with Gasteiger partial charge in [0.15, 0.2) is 0 Å². The van der Waals surface area contributed by atoms with Crippen molar-refractivity contribution in [3.8, 4) is 5.75 Å². The van der Waals surface area contributed by atoms with Crippen LogP contribution in [0.3, 0.4) is 0 Å². The van der Waals surface area contributed by atoms with Crippen molar-refractivity contribution < 1.29 is 4.74 Å². The second-order valence-corrected chi connectivity index (χ2v) is 5.71. The lowest BCUT2D eigenvalue weighted by Crippen LogP contribution is -2.22. The molecule has 0 bridgehead atoms. The number of ether oxygens (including phenoxy) is 1. The Morgan fingerprint density at radius 3 is 2.37 bits per heavy atom. The fourth-order valence-electron chi connectivity index (χ4n) is 2.47. The molecule has 1 aromatic rings. The third kappa shape index (κ3) is 4.24. The minimum atomic E-state index is 0.390. The Balaban J connectivity index is 3.04. The highest BCUT2D eigenvalue weighted by molar-refractivity contribution is 5.46. The summed E-state index contributed by atoms with van der Waals surface area (Å²) < 4.78 is 5.65. The Morgan fingerprint density at radius 2 is 1.84 bits per heavy atom. The zero-order valence-corrected chi connectivity index (χ0v) is 13.3. The normalized spacial score (nSPS) is 12.8. The molecular formula is C17H29NO.